The quantitative estimate of drug-likeness (QED) is 0.705. The van der Waals surface area contributed by atoms with Crippen molar-refractivity contribution < 1.29 is 4.79 Å². The van der Waals surface area contributed by atoms with Gasteiger partial charge in [0.1, 0.15) is 11.0 Å². The van der Waals surface area contributed by atoms with Gasteiger partial charge in [0.05, 0.1) is 5.02 Å². The molecule has 0 radical (unpaired) electrons. The zero-order chi connectivity index (χ0) is 14.4. The van der Waals surface area contributed by atoms with Crippen LogP contribution in [0.25, 0.3) is 0 Å². The molecule has 0 fully saturated rings. The van der Waals surface area contributed by atoms with Crippen LogP contribution in [0.5, 0.6) is 0 Å². The molecule has 1 aromatic rings. The molecule has 1 aromatic carbocycles. The summed E-state index contributed by atoms with van der Waals surface area (Å²) in [5.74, 6) is -0.0450. The third-order valence-corrected chi connectivity index (χ3v) is 3.09. The third-order valence-electron chi connectivity index (χ3n) is 2.56. The van der Waals surface area contributed by atoms with Crippen LogP contribution in [0.2, 0.25) is 5.02 Å². The number of hydrogen-bond donors (Lipinski definition) is 3. The Kier molecular flexibility index (Phi) is 6.05. The van der Waals surface area contributed by atoms with Crippen LogP contribution in [0, 0.1) is 0 Å². The summed E-state index contributed by atoms with van der Waals surface area (Å²) in [5.41, 5.74) is 6.92. The summed E-state index contributed by atoms with van der Waals surface area (Å²) in [6, 6.07) is 4.91. The largest absolute Gasteiger partial charge is 0.389 e. The first-order valence-electron chi connectivity index (χ1n) is 6.09. The highest BCUT2D eigenvalue weighted by molar-refractivity contribution is 7.80. The van der Waals surface area contributed by atoms with Crippen molar-refractivity contribution in [3.05, 3.63) is 28.8 Å². The fourth-order valence-corrected chi connectivity index (χ4v) is 2.04. The van der Waals surface area contributed by atoms with Crippen LogP contribution in [0.15, 0.2) is 18.2 Å². The van der Waals surface area contributed by atoms with Crippen LogP contribution in [-0.4, -0.2) is 23.5 Å². The number of carbonyl (C=O) groups excluding carboxylic acids is 1. The van der Waals surface area contributed by atoms with Crippen molar-refractivity contribution >= 4 is 40.4 Å². The van der Waals surface area contributed by atoms with Crippen LogP contribution in [0.3, 0.4) is 0 Å². The number of rotatable bonds is 6. The minimum absolute atomic E-state index is 0.0450. The lowest BCUT2D eigenvalue weighted by atomic mass is 10.2. The molecule has 104 valence electrons. The monoisotopic (exact) mass is 299 g/mol. The van der Waals surface area contributed by atoms with E-state index in [1.807, 2.05) is 6.92 Å². The number of halogens is 1. The maximum Gasteiger partial charge on any atom is 0.242 e. The number of anilines is 1. The molecule has 0 aromatic heterocycles. The van der Waals surface area contributed by atoms with Crippen LogP contribution in [-0.2, 0) is 4.79 Å². The maximum atomic E-state index is 11.7. The van der Waals surface area contributed by atoms with E-state index in [4.69, 9.17) is 29.6 Å². The van der Waals surface area contributed by atoms with Crippen LogP contribution < -0.4 is 16.4 Å². The number of thiocarbonyl (C=S) groups is 1. The molecule has 0 bridgehead atoms. The SMILES string of the molecule is CCCNC(=O)C(C)Nc1ccc(C(N)=S)c(Cl)c1. The van der Waals surface area contributed by atoms with Gasteiger partial charge in [0.15, 0.2) is 0 Å². The van der Waals surface area contributed by atoms with Gasteiger partial charge in [-0.25, -0.2) is 0 Å². The minimum Gasteiger partial charge on any atom is -0.389 e. The van der Waals surface area contributed by atoms with Gasteiger partial charge in [-0.1, -0.05) is 30.7 Å². The van der Waals surface area contributed by atoms with Crippen molar-refractivity contribution in [2.75, 3.05) is 11.9 Å². The average Bonchev–Trinajstić information content (AvgIpc) is 2.35. The first-order chi connectivity index (χ1) is 8.95. The van der Waals surface area contributed by atoms with Crippen molar-refractivity contribution in [1.29, 1.82) is 0 Å². The standard InChI is InChI=1S/C13H18ClN3OS/c1-3-6-16-13(18)8(2)17-9-4-5-10(12(15)19)11(14)7-9/h4-5,7-8,17H,3,6H2,1-2H3,(H2,15,19)(H,16,18). The first-order valence-corrected chi connectivity index (χ1v) is 6.88. The Hall–Kier alpha value is -1.33. The molecule has 1 unspecified atom stereocenters. The van der Waals surface area contributed by atoms with E-state index in [1.54, 1.807) is 25.1 Å². The minimum atomic E-state index is -0.335. The molecule has 0 aliphatic heterocycles. The van der Waals surface area contributed by atoms with E-state index in [2.05, 4.69) is 10.6 Å². The van der Waals surface area contributed by atoms with Crippen LogP contribution in [0.1, 0.15) is 25.8 Å². The molecule has 4 nitrogen and oxygen atoms in total. The van der Waals surface area contributed by atoms with E-state index < -0.39 is 0 Å². The van der Waals surface area contributed by atoms with E-state index in [0.29, 0.717) is 17.1 Å². The second-order valence-corrected chi connectivity index (χ2v) is 5.06. The van der Waals surface area contributed by atoms with Gasteiger partial charge in [0.25, 0.3) is 0 Å². The van der Waals surface area contributed by atoms with Crippen molar-refractivity contribution in [2.24, 2.45) is 5.73 Å². The Morgan fingerprint density at radius 2 is 2.21 bits per heavy atom. The molecule has 19 heavy (non-hydrogen) atoms. The molecule has 4 N–H and O–H groups in total. The second kappa shape index (κ2) is 7.31. The lowest BCUT2D eigenvalue weighted by Gasteiger charge is -2.15. The Labute approximate surface area is 123 Å². The summed E-state index contributed by atoms with van der Waals surface area (Å²) in [6.45, 7) is 4.47. The summed E-state index contributed by atoms with van der Waals surface area (Å²) >= 11 is 10.9. The lowest BCUT2D eigenvalue weighted by Crippen LogP contribution is -2.37. The number of benzene rings is 1. The second-order valence-electron chi connectivity index (χ2n) is 4.22. The normalized spacial score (nSPS) is 11.7. The van der Waals surface area contributed by atoms with Gasteiger partial charge < -0.3 is 16.4 Å². The lowest BCUT2D eigenvalue weighted by molar-refractivity contribution is -0.121. The summed E-state index contributed by atoms with van der Waals surface area (Å²) in [6.07, 6.45) is 0.910. The highest BCUT2D eigenvalue weighted by Crippen LogP contribution is 2.21. The van der Waals surface area contributed by atoms with Gasteiger partial charge in [-0.2, -0.15) is 0 Å². The number of nitrogens with two attached hydrogens (primary N) is 1. The maximum absolute atomic E-state index is 11.7. The van der Waals surface area contributed by atoms with Crippen molar-refractivity contribution in [3.8, 4) is 0 Å². The molecule has 0 aliphatic rings. The Bertz CT molecular complexity index is 479. The topological polar surface area (TPSA) is 67.2 Å². The summed E-state index contributed by atoms with van der Waals surface area (Å²) in [7, 11) is 0. The molecule has 1 amide bonds. The molecular weight excluding hydrogens is 282 g/mol. The molecule has 6 heteroatoms. The van der Waals surface area contributed by atoms with Crippen molar-refractivity contribution in [3.63, 3.8) is 0 Å². The van der Waals surface area contributed by atoms with E-state index in [1.165, 1.54) is 0 Å². The molecule has 0 aliphatic carbocycles. The highest BCUT2D eigenvalue weighted by Gasteiger charge is 2.12. The average molecular weight is 300 g/mol. The van der Waals surface area contributed by atoms with Crippen molar-refractivity contribution in [2.45, 2.75) is 26.3 Å². The predicted octanol–water partition coefficient (Wildman–Crippen LogP) is 2.30. The Balaban J connectivity index is 2.69. The summed E-state index contributed by atoms with van der Waals surface area (Å²) in [5, 5.41) is 6.37. The van der Waals surface area contributed by atoms with Crippen molar-refractivity contribution in [1.82, 2.24) is 5.32 Å². The van der Waals surface area contributed by atoms with Gasteiger partial charge in [-0.3, -0.25) is 4.79 Å². The smallest absolute Gasteiger partial charge is 0.242 e. The number of hydrogen-bond acceptors (Lipinski definition) is 3. The highest BCUT2D eigenvalue weighted by atomic mass is 35.5. The van der Waals surface area contributed by atoms with Gasteiger partial charge in [-0.05, 0) is 31.5 Å². The molecule has 0 saturated carbocycles. The molecule has 1 atom stereocenters. The van der Waals surface area contributed by atoms with Gasteiger partial charge in [-0.15, -0.1) is 0 Å². The fourth-order valence-electron chi connectivity index (χ4n) is 1.52. The molecule has 0 saturated heterocycles. The Morgan fingerprint density at radius 3 is 2.74 bits per heavy atom. The summed E-state index contributed by atoms with van der Waals surface area (Å²) in [4.78, 5) is 12.0. The van der Waals surface area contributed by atoms with Gasteiger partial charge >= 0.3 is 0 Å². The van der Waals surface area contributed by atoms with Crippen LogP contribution in [0.4, 0.5) is 5.69 Å². The van der Waals surface area contributed by atoms with Crippen LogP contribution >= 0.6 is 23.8 Å². The molecule has 0 spiro atoms. The first kappa shape index (κ1) is 15.7. The van der Waals surface area contributed by atoms with E-state index >= 15 is 0 Å². The predicted molar refractivity (Wildman–Crippen MR) is 83.7 cm³/mol. The fraction of sp³-hybridized carbons (Fsp3) is 0.385. The number of amides is 1. The number of nitrogens with one attached hydrogen (secondary N) is 2. The van der Waals surface area contributed by atoms with E-state index in [-0.39, 0.29) is 16.9 Å². The summed E-state index contributed by atoms with van der Waals surface area (Å²) < 4.78 is 0. The zero-order valence-corrected chi connectivity index (χ0v) is 12.6. The third kappa shape index (κ3) is 4.69. The molecule has 0 heterocycles. The van der Waals surface area contributed by atoms with Gasteiger partial charge in [0.2, 0.25) is 5.91 Å². The molecule has 1 rings (SSSR count). The molecular formula is C13H18ClN3OS. The number of carbonyl (C=O) groups is 1. The van der Waals surface area contributed by atoms with E-state index in [0.717, 1.165) is 12.1 Å². The zero-order valence-electron chi connectivity index (χ0n) is 11.0. The Morgan fingerprint density at radius 1 is 1.53 bits per heavy atom. The van der Waals surface area contributed by atoms with E-state index in [9.17, 15) is 4.79 Å². The van der Waals surface area contributed by atoms with Gasteiger partial charge in [0, 0.05) is 17.8 Å².